The number of hydrogen-bond acceptors (Lipinski definition) is 2. The van der Waals surface area contributed by atoms with Crippen LogP contribution >= 0.6 is 0 Å². The summed E-state index contributed by atoms with van der Waals surface area (Å²) in [6.45, 7) is 16.5. The van der Waals surface area contributed by atoms with Crippen LogP contribution in [-0.2, 0) is 4.79 Å². The topological polar surface area (TPSA) is 23.6 Å². The molecule has 1 fully saturated rings. The fourth-order valence-corrected chi connectivity index (χ4v) is 2.56. The molecule has 0 radical (unpaired) electrons. The number of rotatable bonds is 11. The normalized spacial score (nSPS) is 12.8. The Morgan fingerprint density at radius 3 is 1.79 bits per heavy atom. The summed E-state index contributed by atoms with van der Waals surface area (Å²) in [4.78, 5) is 15.3. The van der Waals surface area contributed by atoms with Crippen LogP contribution < -0.4 is 0 Å². The van der Waals surface area contributed by atoms with E-state index in [1.54, 1.807) is 6.92 Å². The van der Waals surface area contributed by atoms with E-state index in [1.165, 1.54) is 58.0 Å². The molecule has 0 spiro atoms. The average molecular weight is 343 g/mol. The zero-order valence-electron chi connectivity index (χ0n) is 17.9. The van der Waals surface area contributed by atoms with Crippen molar-refractivity contribution in [2.24, 2.45) is 5.92 Å². The van der Waals surface area contributed by atoms with Gasteiger partial charge in [-0.3, -0.25) is 4.79 Å². The molecule has 0 heterocycles. The molecule has 0 bridgehead atoms. The minimum absolute atomic E-state index is 0.198. The van der Waals surface area contributed by atoms with Crippen molar-refractivity contribution >= 4 is 5.91 Å². The highest BCUT2D eigenvalue weighted by Gasteiger charge is 2.22. The molecule has 0 atom stereocenters. The Morgan fingerprint density at radius 2 is 1.42 bits per heavy atom. The van der Waals surface area contributed by atoms with Gasteiger partial charge in [0, 0.05) is 26.6 Å². The van der Waals surface area contributed by atoms with Gasteiger partial charge in [-0.1, -0.05) is 53.4 Å². The summed E-state index contributed by atoms with van der Waals surface area (Å²) in [7, 11) is 2.26. The highest BCUT2D eigenvalue weighted by molar-refractivity contribution is 5.73. The minimum atomic E-state index is 0.198. The molecule has 0 N–H and O–H groups in total. The van der Waals surface area contributed by atoms with Gasteiger partial charge < -0.3 is 9.80 Å². The van der Waals surface area contributed by atoms with Gasteiger partial charge in [0.15, 0.2) is 0 Å². The second-order valence-corrected chi connectivity index (χ2v) is 6.72. The third kappa shape index (κ3) is 17.8. The first-order valence-corrected chi connectivity index (χ1v) is 10.5. The van der Waals surface area contributed by atoms with Crippen LogP contribution in [0.5, 0.6) is 0 Å². The maximum Gasteiger partial charge on any atom is 0.219 e. The van der Waals surface area contributed by atoms with Crippen LogP contribution in [0.2, 0.25) is 0 Å². The summed E-state index contributed by atoms with van der Waals surface area (Å²) in [6, 6.07) is 0. The Kier molecular flexibility index (Phi) is 20.1. The maximum absolute atomic E-state index is 10.9. The van der Waals surface area contributed by atoms with Gasteiger partial charge in [0.05, 0.1) is 0 Å². The predicted octanol–water partition coefficient (Wildman–Crippen LogP) is 5.59. The minimum Gasteiger partial charge on any atom is -0.343 e. The first kappa shape index (κ1) is 25.7. The molecule has 24 heavy (non-hydrogen) atoms. The fraction of sp³-hybridized carbons (Fsp3) is 0.952. The fourth-order valence-electron chi connectivity index (χ4n) is 2.56. The van der Waals surface area contributed by atoms with Crippen molar-refractivity contribution in [3.63, 3.8) is 0 Å². The van der Waals surface area contributed by atoms with Crippen molar-refractivity contribution < 1.29 is 4.79 Å². The molecule has 1 aliphatic carbocycles. The first-order chi connectivity index (χ1) is 11.5. The molecule has 3 heteroatoms. The largest absolute Gasteiger partial charge is 0.343 e. The van der Waals surface area contributed by atoms with Crippen molar-refractivity contribution in [3.05, 3.63) is 0 Å². The maximum atomic E-state index is 10.9. The number of amides is 1. The lowest BCUT2D eigenvalue weighted by molar-refractivity contribution is -0.128. The first-order valence-electron chi connectivity index (χ1n) is 10.5. The summed E-state index contributed by atoms with van der Waals surface area (Å²) < 4.78 is 0. The van der Waals surface area contributed by atoms with E-state index in [-0.39, 0.29) is 5.91 Å². The molecule has 3 nitrogen and oxygen atoms in total. The molecule has 1 amide bonds. The quantitative estimate of drug-likeness (QED) is 0.457. The highest BCUT2D eigenvalue weighted by Crippen LogP contribution is 2.29. The highest BCUT2D eigenvalue weighted by atomic mass is 16.2. The van der Waals surface area contributed by atoms with E-state index in [2.05, 4.69) is 25.8 Å². The summed E-state index contributed by atoms with van der Waals surface area (Å²) >= 11 is 0. The Morgan fingerprint density at radius 1 is 0.917 bits per heavy atom. The van der Waals surface area contributed by atoms with Gasteiger partial charge in [-0.25, -0.2) is 0 Å². The third-order valence-electron chi connectivity index (χ3n) is 4.27. The van der Waals surface area contributed by atoms with Gasteiger partial charge in [-0.05, 0) is 52.1 Å². The van der Waals surface area contributed by atoms with Gasteiger partial charge >= 0.3 is 0 Å². The zero-order chi connectivity index (χ0) is 18.8. The summed E-state index contributed by atoms with van der Waals surface area (Å²) in [5.41, 5.74) is 0. The number of nitrogens with zero attached hydrogens (tertiary/aromatic N) is 2. The number of carbonyl (C=O) groups excluding carboxylic acids is 1. The van der Waals surface area contributed by atoms with Crippen LogP contribution in [0.15, 0.2) is 0 Å². The zero-order valence-corrected chi connectivity index (χ0v) is 17.9. The molecule has 1 rings (SSSR count). The Balaban J connectivity index is 0. The number of hydrogen-bond donors (Lipinski definition) is 0. The SMILES string of the molecule is CC.CCCCCN(C)CC1CC1.CCCCCN(CC)C(C)=O. The van der Waals surface area contributed by atoms with E-state index in [0.29, 0.717) is 0 Å². The van der Waals surface area contributed by atoms with Gasteiger partial charge in [0.2, 0.25) is 5.91 Å². The molecule has 0 aliphatic heterocycles. The predicted molar refractivity (Wildman–Crippen MR) is 109 cm³/mol. The van der Waals surface area contributed by atoms with E-state index in [4.69, 9.17) is 0 Å². The van der Waals surface area contributed by atoms with Crippen LogP contribution in [0.25, 0.3) is 0 Å². The van der Waals surface area contributed by atoms with Gasteiger partial charge in [0.1, 0.15) is 0 Å². The molecule has 1 aliphatic rings. The van der Waals surface area contributed by atoms with E-state index < -0.39 is 0 Å². The lowest BCUT2D eigenvalue weighted by atomic mass is 10.2. The Hall–Kier alpha value is -0.570. The summed E-state index contributed by atoms with van der Waals surface area (Å²) in [6.07, 6.45) is 10.7. The molecular formula is C21H46N2O. The van der Waals surface area contributed by atoms with Crippen LogP contribution in [0.3, 0.4) is 0 Å². The monoisotopic (exact) mass is 342 g/mol. The molecule has 1 saturated carbocycles. The van der Waals surface area contributed by atoms with E-state index in [9.17, 15) is 4.79 Å². The van der Waals surface area contributed by atoms with Crippen molar-refractivity contribution in [2.45, 2.75) is 92.9 Å². The molecule has 146 valence electrons. The molecule has 0 aromatic heterocycles. The van der Waals surface area contributed by atoms with Crippen molar-refractivity contribution in [3.8, 4) is 0 Å². The summed E-state index contributed by atoms with van der Waals surface area (Å²) in [5, 5.41) is 0. The number of unbranched alkanes of at least 4 members (excludes halogenated alkanes) is 4. The van der Waals surface area contributed by atoms with Crippen LogP contribution in [0, 0.1) is 5.92 Å². The Bertz CT molecular complexity index is 265. The second-order valence-electron chi connectivity index (χ2n) is 6.72. The van der Waals surface area contributed by atoms with Crippen LogP contribution in [0.1, 0.15) is 92.9 Å². The smallest absolute Gasteiger partial charge is 0.219 e. The molecule has 0 unspecified atom stereocenters. The average Bonchev–Trinajstić information content (AvgIpc) is 3.38. The van der Waals surface area contributed by atoms with Crippen LogP contribution in [0.4, 0.5) is 0 Å². The molecular weight excluding hydrogens is 296 g/mol. The molecule has 0 aromatic rings. The molecule has 0 saturated heterocycles. The summed E-state index contributed by atoms with van der Waals surface area (Å²) in [5.74, 6) is 1.25. The molecule has 0 aromatic carbocycles. The van der Waals surface area contributed by atoms with Crippen LogP contribution in [-0.4, -0.2) is 48.9 Å². The van der Waals surface area contributed by atoms with Crippen molar-refractivity contribution in [1.82, 2.24) is 9.80 Å². The van der Waals surface area contributed by atoms with Gasteiger partial charge in [0.25, 0.3) is 0 Å². The standard InChI is InChI=1S/C10H21N.C9H19NO.C2H6/c1-3-4-5-8-11(2)9-10-6-7-10;1-4-6-7-8-10(5-2)9(3)11;1-2/h10H,3-9H2,1-2H3;4-8H2,1-3H3;1-2H3. The Labute approximate surface area is 153 Å². The lowest BCUT2D eigenvalue weighted by Crippen LogP contribution is -2.29. The van der Waals surface area contributed by atoms with Crippen molar-refractivity contribution in [1.29, 1.82) is 0 Å². The van der Waals surface area contributed by atoms with Crippen molar-refractivity contribution in [2.75, 3.05) is 33.2 Å². The van der Waals surface area contributed by atoms with E-state index >= 15 is 0 Å². The van der Waals surface area contributed by atoms with E-state index in [1.807, 2.05) is 25.7 Å². The number of carbonyl (C=O) groups is 1. The second kappa shape index (κ2) is 18.8. The lowest BCUT2D eigenvalue weighted by Gasteiger charge is -2.18. The third-order valence-corrected chi connectivity index (χ3v) is 4.27. The van der Waals surface area contributed by atoms with Gasteiger partial charge in [-0.15, -0.1) is 0 Å². The van der Waals surface area contributed by atoms with Gasteiger partial charge in [-0.2, -0.15) is 0 Å². The van der Waals surface area contributed by atoms with E-state index in [0.717, 1.165) is 25.4 Å².